The van der Waals surface area contributed by atoms with Crippen LogP contribution in [0.15, 0.2) is 54.6 Å². The number of carbonyl (C=O) groups is 2. The average Bonchev–Trinajstić information content (AvgIpc) is 3.47. The van der Waals surface area contributed by atoms with Crippen molar-refractivity contribution in [3.63, 3.8) is 0 Å². The van der Waals surface area contributed by atoms with Crippen LogP contribution in [-0.2, 0) is 11.2 Å². The maximum Gasteiger partial charge on any atom is 0.490 e. The summed E-state index contributed by atoms with van der Waals surface area (Å²) in [6, 6.07) is 21.2. The zero-order chi connectivity index (χ0) is 27.8. The summed E-state index contributed by atoms with van der Waals surface area (Å²) in [5.74, 6) is -1.95. The van der Waals surface area contributed by atoms with Gasteiger partial charge in [-0.1, -0.05) is 54.6 Å². The van der Waals surface area contributed by atoms with Crippen molar-refractivity contribution in [1.29, 1.82) is 0 Å². The van der Waals surface area contributed by atoms with Crippen molar-refractivity contribution in [2.24, 2.45) is 5.92 Å². The molecule has 5 rings (SSSR count). The molecule has 2 unspecified atom stereocenters. The highest BCUT2D eigenvalue weighted by molar-refractivity contribution is 5.74. The van der Waals surface area contributed by atoms with Crippen molar-refractivity contribution in [3.8, 4) is 0 Å². The number of carboxylic acid groups (broad SMARTS) is 1. The van der Waals surface area contributed by atoms with Gasteiger partial charge in [0.1, 0.15) is 0 Å². The lowest BCUT2D eigenvalue weighted by atomic mass is 9.84. The maximum absolute atomic E-state index is 12.3. The van der Waals surface area contributed by atoms with Crippen LogP contribution >= 0.6 is 0 Å². The van der Waals surface area contributed by atoms with Crippen molar-refractivity contribution < 1.29 is 27.9 Å². The number of hydrogen-bond donors (Lipinski definition) is 3. The lowest BCUT2D eigenvalue weighted by Crippen LogP contribution is -2.44. The van der Waals surface area contributed by atoms with Gasteiger partial charge in [0, 0.05) is 24.7 Å². The minimum Gasteiger partial charge on any atom is -0.475 e. The lowest BCUT2D eigenvalue weighted by Gasteiger charge is -2.31. The molecule has 2 atom stereocenters. The second kappa shape index (κ2) is 13.3. The molecule has 39 heavy (non-hydrogen) atoms. The van der Waals surface area contributed by atoms with E-state index >= 15 is 0 Å². The second-order valence-electron chi connectivity index (χ2n) is 10.8. The summed E-state index contributed by atoms with van der Waals surface area (Å²) in [6.45, 7) is 1.96. The molecule has 3 N–H and O–H groups in total. The number of halogens is 3. The fourth-order valence-corrected chi connectivity index (χ4v) is 6.27. The van der Waals surface area contributed by atoms with Gasteiger partial charge in [-0.3, -0.25) is 4.90 Å². The number of benzene rings is 2. The van der Waals surface area contributed by atoms with Crippen LogP contribution in [0.2, 0.25) is 0 Å². The van der Waals surface area contributed by atoms with Crippen LogP contribution in [0.4, 0.5) is 18.0 Å². The van der Waals surface area contributed by atoms with E-state index in [2.05, 4.69) is 64.1 Å². The highest BCUT2D eigenvalue weighted by Gasteiger charge is 2.43. The normalized spacial score (nSPS) is 23.9. The summed E-state index contributed by atoms with van der Waals surface area (Å²) < 4.78 is 31.7. The number of hydrogen-bond acceptors (Lipinski definition) is 3. The molecule has 2 amide bonds. The first-order valence-electron chi connectivity index (χ1n) is 14.0. The van der Waals surface area contributed by atoms with Crippen LogP contribution in [-0.4, -0.2) is 47.3 Å². The number of alkyl halides is 3. The zero-order valence-corrected chi connectivity index (χ0v) is 22.1. The molecule has 0 aromatic heterocycles. The van der Waals surface area contributed by atoms with Crippen molar-refractivity contribution in [3.05, 3.63) is 71.3 Å². The lowest BCUT2D eigenvalue weighted by molar-refractivity contribution is -0.192. The van der Waals surface area contributed by atoms with Crippen molar-refractivity contribution in [2.45, 2.75) is 82.1 Å². The Labute approximate surface area is 228 Å². The molecule has 2 aromatic rings. The minimum absolute atomic E-state index is 0.00733. The van der Waals surface area contributed by atoms with E-state index in [4.69, 9.17) is 9.90 Å². The van der Waals surface area contributed by atoms with Crippen LogP contribution in [0.3, 0.4) is 0 Å². The Morgan fingerprint density at radius 1 is 0.872 bits per heavy atom. The number of carbonyl (C=O) groups excluding carboxylic acids is 1. The SMILES string of the molecule is O=C(NCCCc1ccccc1)NC1CCC(CCN2C3CCC2c2ccccc23)CC1.O=C(O)C(F)(F)F. The van der Waals surface area contributed by atoms with E-state index in [0.29, 0.717) is 18.1 Å². The number of fused-ring (bicyclic) bond motifs is 5. The van der Waals surface area contributed by atoms with Gasteiger partial charge in [-0.05, 0) is 86.9 Å². The summed E-state index contributed by atoms with van der Waals surface area (Å²) in [7, 11) is 0. The first kappa shape index (κ1) is 28.9. The first-order valence-corrected chi connectivity index (χ1v) is 14.0. The smallest absolute Gasteiger partial charge is 0.475 e. The summed E-state index contributed by atoms with van der Waals surface area (Å²) in [5.41, 5.74) is 4.51. The summed E-state index contributed by atoms with van der Waals surface area (Å²) in [6.07, 6.45) is 5.61. The molecule has 6 nitrogen and oxygen atoms in total. The number of urea groups is 1. The van der Waals surface area contributed by atoms with Crippen molar-refractivity contribution in [2.75, 3.05) is 13.1 Å². The van der Waals surface area contributed by atoms with Gasteiger partial charge in [0.05, 0.1) is 0 Å². The van der Waals surface area contributed by atoms with Gasteiger partial charge in [-0.25, -0.2) is 9.59 Å². The predicted molar refractivity (Wildman–Crippen MR) is 143 cm³/mol. The molecule has 2 fully saturated rings. The molecule has 2 aromatic carbocycles. The number of rotatable bonds is 8. The quantitative estimate of drug-likeness (QED) is 0.336. The van der Waals surface area contributed by atoms with Gasteiger partial charge in [-0.15, -0.1) is 0 Å². The van der Waals surface area contributed by atoms with E-state index in [0.717, 1.165) is 38.1 Å². The predicted octanol–water partition coefficient (Wildman–Crippen LogP) is 6.39. The first-order chi connectivity index (χ1) is 18.7. The Kier molecular flexibility index (Phi) is 9.88. The van der Waals surface area contributed by atoms with E-state index in [1.165, 1.54) is 44.2 Å². The highest BCUT2D eigenvalue weighted by atomic mass is 19.4. The zero-order valence-electron chi connectivity index (χ0n) is 22.1. The largest absolute Gasteiger partial charge is 0.490 e. The summed E-state index contributed by atoms with van der Waals surface area (Å²) >= 11 is 0. The van der Waals surface area contributed by atoms with Crippen molar-refractivity contribution in [1.82, 2.24) is 15.5 Å². The van der Waals surface area contributed by atoms with Gasteiger partial charge >= 0.3 is 18.2 Å². The standard InChI is InChI=1S/C28H37N3O.C2HF3O2/c32-28(29-19-6-9-21-7-2-1-3-8-21)30-23-14-12-22(13-15-23)18-20-31-26-16-17-27(31)25-11-5-4-10-24(25)26;3-2(4,5)1(6)7/h1-5,7-8,10-11,22-23,26-27H,6,9,12-20H2,(H2,29,30,32);(H,6,7). The van der Waals surface area contributed by atoms with Gasteiger partial charge in [0.15, 0.2) is 0 Å². The van der Waals surface area contributed by atoms with E-state index in [1.807, 2.05) is 6.07 Å². The molecule has 0 spiro atoms. The topological polar surface area (TPSA) is 81.7 Å². The van der Waals surface area contributed by atoms with Gasteiger partial charge in [-0.2, -0.15) is 13.2 Å². The fourth-order valence-electron chi connectivity index (χ4n) is 6.27. The molecule has 2 bridgehead atoms. The van der Waals surface area contributed by atoms with Crippen molar-refractivity contribution >= 4 is 12.0 Å². The van der Waals surface area contributed by atoms with Gasteiger partial charge in [0.2, 0.25) is 0 Å². The Morgan fingerprint density at radius 2 is 1.44 bits per heavy atom. The molecule has 212 valence electrons. The molecule has 2 aliphatic heterocycles. The Hall–Kier alpha value is -3.07. The third kappa shape index (κ3) is 7.97. The molecule has 1 saturated heterocycles. The maximum atomic E-state index is 12.3. The second-order valence-corrected chi connectivity index (χ2v) is 10.8. The van der Waals surface area contributed by atoms with Crippen LogP contribution in [0, 0.1) is 5.92 Å². The number of aryl methyl sites for hydroxylation is 1. The van der Waals surface area contributed by atoms with Crippen LogP contribution in [0.1, 0.15) is 80.1 Å². The van der Waals surface area contributed by atoms with E-state index in [1.54, 1.807) is 11.1 Å². The fraction of sp³-hybridized carbons (Fsp3) is 0.533. The van der Waals surface area contributed by atoms with Crippen LogP contribution in [0.5, 0.6) is 0 Å². The van der Waals surface area contributed by atoms with Gasteiger partial charge < -0.3 is 15.7 Å². The molecule has 1 aliphatic carbocycles. The molecular formula is C30H38F3N3O3. The van der Waals surface area contributed by atoms with E-state index in [9.17, 15) is 18.0 Å². The number of nitrogens with zero attached hydrogens (tertiary/aromatic N) is 1. The van der Waals surface area contributed by atoms with Crippen LogP contribution in [0.25, 0.3) is 0 Å². The van der Waals surface area contributed by atoms with E-state index < -0.39 is 12.1 Å². The molecular weight excluding hydrogens is 507 g/mol. The molecule has 9 heteroatoms. The van der Waals surface area contributed by atoms with Crippen LogP contribution < -0.4 is 10.6 Å². The number of aliphatic carboxylic acids is 1. The van der Waals surface area contributed by atoms with E-state index in [-0.39, 0.29) is 6.03 Å². The average molecular weight is 546 g/mol. The molecule has 1 saturated carbocycles. The molecule has 3 aliphatic rings. The Bertz CT molecular complexity index is 1060. The third-order valence-electron chi connectivity index (χ3n) is 8.22. The number of amides is 2. The molecule has 0 radical (unpaired) electrons. The number of nitrogens with one attached hydrogen (secondary N) is 2. The molecule has 2 heterocycles. The summed E-state index contributed by atoms with van der Waals surface area (Å²) in [5, 5.41) is 13.4. The van der Waals surface area contributed by atoms with Gasteiger partial charge in [0.25, 0.3) is 0 Å². The number of carboxylic acids is 1. The third-order valence-corrected chi connectivity index (χ3v) is 8.22. The monoisotopic (exact) mass is 545 g/mol. The Morgan fingerprint density at radius 3 is 2.00 bits per heavy atom. The minimum atomic E-state index is -5.08. The Balaban J connectivity index is 0.000000448. The highest BCUT2D eigenvalue weighted by Crippen LogP contribution is 2.53. The summed E-state index contributed by atoms with van der Waals surface area (Å²) in [4.78, 5) is 23.9.